The van der Waals surface area contributed by atoms with Gasteiger partial charge in [-0.2, -0.15) is 0 Å². The summed E-state index contributed by atoms with van der Waals surface area (Å²) in [5.74, 6) is 0.186. The first-order chi connectivity index (χ1) is 7.62. The van der Waals surface area contributed by atoms with Crippen LogP contribution in [0, 0.1) is 5.92 Å². The van der Waals surface area contributed by atoms with E-state index in [1.54, 1.807) is 0 Å². The molecule has 16 heavy (non-hydrogen) atoms. The minimum absolute atomic E-state index is 0.436. The molecule has 2 rings (SSSR count). The Labute approximate surface area is 97.6 Å². The van der Waals surface area contributed by atoms with Crippen LogP contribution in [0.25, 0.3) is 0 Å². The number of aliphatic carboxylic acids is 1. The molecule has 3 heteroatoms. The van der Waals surface area contributed by atoms with Crippen molar-refractivity contribution in [1.29, 1.82) is 0 Å². The lowest BCUT2D eigenvalue weighted by atomic mass is 9.85. The zero-order chi connectivity index (χ0) is 11.6. The lowest BCUT2D eigenvalue weighted by molar-refractivity contribution is -0.145. The van der Waals surface area contributed by atoms with Gasteiger partial charge in [0.05, 0.1) is 0 Å². The van der Waals surface area contributed by atoms with Gasteiger partial charge in [-0.3, -0.25) is 10.1 Å². The Kier molecular flexibility index (Phi) is 3.53. The van der Waals surface area contributed by atoms with Gasteiger partial charge in [0, 0.05) is 6.04 Å². The average molecular weight is 225 g/mol. The molecule has 0 saturated heterocycles. The van der Waals surface area contributed by atoms with Crippen LogP contribution in [0.3, 0.4) is 0 Å². The van der Waals surface area contributed by atoms with Crippen LogP contribution < -0.4 is 5.32 Å². The molecule has 0 spiro atoms. The highest BCUT2D eigenvalue weighted by molar-refractivity contribution is 5.79. The SMILES string of the molecule is CC1CCC(NC2(C(=O)O)CCCC2)CC1. The van der Waals surface area contributed by atoms with Crippen molar-refractivity contribution in [2.24, 2.45) is 5.92 Å². The second-order valence-corrected chi connectivity index (χ2v) is 5.70. The van der Waals surface area contributed by atoms with E-state index in [2.05, 4.69) is 12.2 Å². The van der Waals surface area contributed by atoms with E-state index in [4.69, 9.17) is 0 Å². The zero-order valence-corrected chi connectivity index (χ0v) is 10.2. The minimum atomic E-state index is -0.636. The summed E-state index contributed by atoms with van der Waals surface area (Å²) in [7, 11) is 0. The van der Waals surface area contributed by atoms with Crippen LogP contribution in [-0.4, -0.2) is 22.7 Å². The summed E-state index contributed by atoms with van der Waals surface area (Å²) in [6.07, 6.45) is 8.53. The predicted molar refractivity (Wildman–Crippen MR) is 63.4 cm³/mol. The maximum atomic E-state index is 11.4. The largest absolute Gasteiger partial charge is 0.480 e. The Bertz CT molecular complexity index is 251. The molecule has 0 amide bonds. The zero-order valence-electron chi connectivity index (χ0n) is 10.2. The number of carbonyl (C=O) groups is 1. The Hall–Kier alpha value is -0.570. The lowest BCUT2D eigenvalue weighted by Gasteiger charge is -2.34. The molecule has 0 bridgehead atoms. The molecule has 0 unspecified atom stereocenters. The van der Waals surface area contributed by atoms with E-state index >= 15 is 0 Å². The van der Waals surface area contributed by atoms with Crippen molar-refractivity contribution >= 4 is 5.97 Å². The van der Waals surface area contributed by atoms with Gasteiger partial charge in [0.2, 0.25) is 0 Å². The highest BCUT2D eigenvalue weighted by atomic mass is 16.4. The second kappa shape index (κ2) is 4.74. The molecule has 0 aliphatic heterocycles. The van der Waals surface area contributed by atoms with Crippen LogP contribution in [0.15, 0.2) is 0 Å². The van der Waals surface area contributed by atoms with Gasteiger partial charge < -0.3 is 5.11 Å². The first-order valence-electron chi connectivity index (χ1n) is 6.63. The summed E-state index contributed by atoms with van der Waals surface area (Å²) in [6.45, 7) is 2.29. The highest BCUT2D eigenvalue weighted by Crippen LogP contribution is 2.33. The minimum Gasteiger partial charge on any atom is -0.480 e. The molecule has 0 radical (unpaired) electrons. The molecule has 0 aromatic carbocycles. The summed E-state index contributed by atoms with van der Waals surface area (Å²) < 4.78 is 0. The lowest BCUT2D eigenvalue weighted by Crippen LogP contribution is -2.54. The van der Waals surface area contributed by atoms with Crippen LogP contribution in [0.2, 0.25) is 0 Å². The molecule has 92 valence electrons. The summed E-state index contributed by atoms with van der Waals surface area (Å²) in [6, 6.07) is 0.436. The number of nitrogens with one attached hydrogen (secondary N) is 1. The van der Waals surface area contributed by atoms with Gasteiger partial charge in [-0.05, 0) is 44.4 Å². The van der Waals surface area contributed by atoms with Crippen molar-refractivity contribution in [1.82, 2.24) is 5.32 Å². The first-order valence-corrected chi connectivity index (χ1v) is 6.63. The van der Waals surface area contributed by atoms with Gasteiger partial charge in [-0.25, -0.2) is 0 Å². The molecule has 2 aliphatic rings. The number of rotatable bonds is 3. The van der Waals surface area contributed by atoms with E-state index < -0.39 is 11.5 Å². The van der Waals surface area contributed by atoms with Crippen LogP contribution in [-0.2, 0) is 4.79 Å². The fourth-order valence-corrected chi connectivity index (χ4v) is 3.19. The van der Waals surface area contributed by atoms with Crippen molar-refractivity contribution in [3.05, 3.63) is 0 Å². The number of carboxylic acid groups (broad SMARTS) is 1. The van der Waals surface area contributed by atoms with E-state index in [9.17, 15) is 9.90 Å². The van der Waals surface area contributed by atoms with Crippen LogP contribution in [0.5, 0.6) is 0 Å². The van der Waals surface area contributed by atoms with E-state index in [1.807, 2.05) is 0 Å². The summed E-state index contributed by atoms with van der Waals surface area (Å²) in [4.78, 5) is 11.4. The number of hydrogen-bond acceptors (Lipinski definition) is 2. The van der Waals surface area contributed by atoms with Crippen molar-refractivity contribution in [3.63, 3.8) is 0 Å². The highest BCUT2D eigenvalue weighted by Gasteiger charge is 2.42. The van der Waals surface area contributed by atoms with E-state index in [1.165, 1.54) is 12.8 Å². The smallest absolute Gasteiger partial charge is 0.323 e. The van der Waals surface area contributed by atoms with Gasteiger partial charge >= 0.3 is 5.97 Å². The molecule has 3 nitrogen and oxygen atoms in total. The predicted octanol–water partition coefficient (Wildman–Crippen LogP) is 2.55. The fourth-order valence-electron chi connectivity index (χ4n) is 3.19. The quantitative estimate of drug-likeness (QED) is 0.776. The van der Waals surface area contributed by atoms with Gasteiger partial charge in [0.25, 0.3) is 0 Å². The molecule has 0 aromatic rings. The molecule has 0 heterocycles. The van der Waals surface area contributed by atoms with Gasteiger partial charge in [0.15, 0.2) is 0 Å². The topological polar surface area (TPSA) is 49.3 Å². The Morgan fingerprint density at radius 1 is 1.19 bits per heavy atom. The Balaban J connectivity index is 1.93. The molecular weight excluding hydrogens is 202 g/mol. The molecule has 2 saturated carbocycles. The van der Waals surface area contributed by atoms with Gasteiger partial charge in [0.1, 0.15) is 5.54 Å². The summed E-state index contributed by atoms with van der Waals surface area (Å²) in [5, 5.41) is 12.8. The van der Waals surface area contributed by atoms with Crippen molar-refractivity contribution in [3.8, 4) is 0 Å². The monoisotopic (exact) mass is 225 g/mol. The van der Waals surface area contributed by atoms with Crippen LogP contribution >= 0.6 is 0 Å². The normalized spacial score (nSPS) is 33.8. The van der Waals surface area contributed by atoms with Gasteiger partial charge in [-0.15, -0.1) is 0 Å². The van der Waals surface area contributed by atoms with Crippen molar-refractivity contribution < 1.29 is 9.90 Å². The molecule has 0 atom stereocenters. The summed E-state index contributed by atoms with van der Waals surface area (Å²) in [5.41, 5.74) is -0.592. The maximum absolute atomic E-state index is 11.4. The Morgan fingerprint density at radius 3 is 2.25 bits per heavy atom. The third kappa shape index (κ3) is 2.40. The fraction of sp³-hybridized carbons (Fsp3) is 0.923. The third-order valence-electron chi connectivity index (χ3n) is 4.36. The molecule has 0 aromatic heterocycles. The van der Waals surface area contributed by atoms with Crippen LogP contribution in [0.4, 0.5) is 0 Å². The second-order valence-electron chi connectivity index (χ2n) is 5.70. The van der Waals surface area contributed by atoms with Gasteiger partial charge in [-0.1, -0.05) is 19.8 Å². The van der Waals surface area contributed by atoms with Crippen molar-refractivity contribution in [2.45, 2.75) is 69.9 Å². The molecule has 2 N–H and O–H groups in total. The van der Waals surface area contributed by atoms with Crippen molar-refractivity contribution in [2.75, 3.05) is 0 Å². The number of hydrogen-bond donors (Lipinski definition) is 2. The Morgan fingerprint density at radius 2 is 1.75 bits per heavy atom. The third-order valence-corrected chi connectivity index (χ3v) is 4.36. The maximum Gasteiger partial charge on any atom is 0.323 e. The number of carboxylic acids is 1. The van der Waals surface area contributed by atoms with E-state index in [0.29, 0.717) is 6.04 Å². The van der Waals surface area contributed by atoms with E-state index in [0.717, 1.165) is 44.4 Å². The average Bonchev–Trinajstić information content (AvgIpc) is 2.71. The molecular formula is C13H23NO2. The van der Waals surface area contributed by atoms with Crippen LogP contribution in [0.1, 0.15) is 58.3 Å². The molecule has 2 fully saturated rings. The van der Waals surface area contributed by atoms with E-state index in [-0.39, 0.29) is 0 Å². The molecule has 2 aliphatic carbocycles. The summed E-state index contributed by atoms with van der Waals surface area (Å²) >= 11 is 0. The first kappa shape index (κ1) is 11.9. The standard InChI is InChI=1S/C13H23NO2/c1-10-4-6-11(7-5-10)14-13(12(15)16)8-2-3-9-13/h10-11,14H,2-9H2,1H3,(H,15,16).